The molecule has 15 heteroatoms. The summed E-state index contributed by atoms with van der Waals surface area (Å²) in [5, 5.41) is 12.5. The summed E-state index contributed by atoms with van der Waals surface area (Å²) < 4.78 is 111. The maximum Gasteiger partial charge on any atom is 0.522 e. The lowest BCUT2D eigenvalue weighted by atomic mass is 10.1. The molecule has 45 heavy (non-hydrogen) atoms. The Kier molecular flexibility index (Phi) is 10.3. The number of benzene rings is 3. The molecule has 0 aromatic heterocycles. The molecule has 3 aromatic carbocycles. The summed E-state index contributed by atoms with van der Waals surface area (Å²) in [6.07, 6.45) is -10.0. The van der Waals surface area contributed by atoms with Crippen LogP contribution in [0.2, 0.25) is 0 Å². The number of hydrogen-bond donors (Lipinski definition) is 2. The molecule has 1 fully saturated rings. The molecule has 244 valence electrons. The van der Waals surface area contributed by atoms with Crippen molar-refractivity contribution in [3.8, 4) is 5.75 Å². The zero-order chi connectivity index (χ0) is 33.0. The van der Waals surface area contributed by atoms with Gasteiger partial charge < -0.3 is 20.1 Å². The lowest BCUT2D eigenvalue weighted by molar-refractivity contribution is -0.325. The van der Waals surface area contributed by atoms with Gasteiger partial charge in [-0.15, -0.1) is 13.2 Å². The minimum Gasteiger partial charge on any atom is -0.489 e. The molecule has 0 radical (unpaired) electrons. The second-order valence-electron chi connectivity index (χ2n) is 10.3. The Labute approximate surface area is 255 Å². The van der Waals surface area contributed by atoms with Gasteiger partial charge in [-0.05, 0) is 66.2 Å². The first kappa shape index (κ1) is 34.1. The van der Waals surface area contributed by atoms with E-state index in [1.165, 1.54) is 55.5 Å². The van der Waals surface area contributed by atoms with Crippen molar-refractivity contribution in [2.45, 2.75) is 49.0 Å². The Hall–Kier alpha value is -3.82. The van der Waals surface area contributed by atoms with Gasteiger partial charge in [0.15, 0.2) is 9.84 Å². The first-order valence-electron chi connectivity index (χ1n) is 13.8. The van der Waals surface area contributed by atoms with E-state index in [-0.39, 0.29) is 34.9 Å². The smallest absolute Gasteiger partial charge is 0.489 e. The number of ether oxygens (including phenoxy) is 2. The second kappa shape index (κ2) is 13.7. The van der Waals surface area contributed by atoms with Crippen LogP contribution in [0, 0.1) is 0 Å². The third-order valence-corrected chi connectivity index (χ3v) is 9.02. The molecular weight excluding hydrogens is 630 g/mol. The molecule has 1 aliphatic heterocycles. The van der Waals surface area contributed by atoms with Crippen LogP contribution in [-0.4, -0.2) is 63.5 Å². The molecule has 3 atom stereocenters. The normalized spacial score (nSPS) is 18.1. The van der Waals surface area contributed by atoms with Gasteiger partial charge in [0.05, 0.1) is 48.1 Å². The van der Waals surface area contributed by atoms with Gasteiger partial charge in [0, 0.05) is 17.7 Å². The lowest BCUT2D eigenvalue weighted by Crippen LogP contribution is -2.35. The van der Waals surface area contributed by atoms with Crippen LogP contribution in [0.15, 0.2) is 77.7 Å². The first-order chi connectivity index (χ1) is 21.1. The van der Waals surface area contributed by atoms with E-state index in [0.29, 0.717) is 11.3 Å². The SMILES string of the molecule is CCS(=O)(=O)c1ccc(C(CO)NC(=O)c2ccc(N3C[C@@H](Oc4ccc(C(F)(F)F)cc4)C[C@H]3COC(F)(F)F)cc2)cc1. The van der Waals surface area contributed by atoms with E-state index in [0.717, 1.165) is 24.3 Å². The molecule has 4 rings (SSSR count). The quantitative estimate of drug-likeness (QED) is 0.261. The topological polar surface area (TPSA) is 105 Å². The van der Waals surface area contributed by atoms with Gasteiger partial charge in [0.2, 0.25) is 0 Å². The third kappa shape index (κ3) is 8.89. The zero-order valence-corrected chi connectivity index (χ0v) is 24.6. The molecule has 0 aliphatic carbocycles. The number of aliphatic hydroxyl groups excluding tert-OH is 1. The van der Waals surface area contributed by atoms with E-state index in [2.05, 4.69) is 10.1 Å². The molecule has 3 aromatic rings. The number of halogens is 6. The summed E-state index contributed by atoms with van der Waals surface area (Å²) in [7, 11) is -3.43. The minimum absolute atomic E-state index is 0.0792. The Balaban J connectivity index is 1.45. The monoisotopic (exact) mass is 660 g/mol. The van der Waals surface area contributed by atoms with Gasteiger partial charge >= 0.3 is 12.5 Å². The predicted octanol–water partition coefficient (Wildman–Crippen LogP) is 5.53. The molecule has 1 heterocycles. The highest BCUT2D eigenvalue weighted by atomic mass is 32.2. The van der Waals surface area contributed by atoms with Crippen molar-refractivity contribution in [1.82, 2.24) is 5.32 Å². The first-order valence-corrected chi connectivity index (χ1v) is 15.4. The minimum atomic E-state index is -4.88. The summed E-state index contributed by atoms with van der Waals surface area (Å²) in [6, 6.07) is 14.0. The molecule has 1 amide bonds. The summed E-state index contributed by atoms with van der Waals surface area (Å²) in [6.45, 7) is 0.406. The van der Waals surface area contributed by atoms with E-state index in [9.17, 15) is 44.7 Å². The van der Waals surface area contributed by atoms with E-state index in [1.807, 2.05) is 0 Å². The summed E-state index contributed by atoms with van der Waals surface area (Å²) in [4.78, 5) is 14.7. The van der Waals surface area contributed by atoms with E-state index < -0.39 is 65.2 Å². The van der Waals surface area contributed by atoms with Gasteiger partial charge in [0.25, 0.3) is 5.91 Å². The molecule has 0 bridgehead atoms. The van der Waals surface area contributed by atoms with Crippen LogP contribution >= 0.6 is 0 Å². The number of carbonyl (C=O) groups excluding carboxylic acids is 1. The van der Waals surface area contributed by atoms with Crippen molar-refractivity contribution in [3.05, 3.63) is 89.5 Å². The van der Waals surface area contributed by atoms with Crippen LogP contribution in [0.1, 0.15) is 40.9 Å². The van der Waals surface area contributed by atoms with E-state index >= 15 is 0 Å². The molecule has 0 saturated carbocycles. The molecule has 1 saturated heterocycles. The van der Waals surface area contributed by atoms with Crippen molar-refractivity contribution in [3.63, 3.8) is 0 Å². The zero-order valence-electron chi connectivity index (χ0n) is 23.8. The van der Waals surface area contributed by atoms with Crippen LogP contribution in [0.3, 0.4) is 0 Å². The Bertz CT molecular complexity index is 1550. The fraction of sp³-hybridized carbons (Fsp3) is 0.367. The largest absolute Gasteiger partial charge is 0.522 e. The Morgan fingerprint density at radius 1 is 0.978 bits per heavy atom. The number of nitrogens with zero attached hydrogens (tertiary/aromatic N) is 1. The van der Waals surface area contributed by atoms with Crippen LogP contribution in [0.5, 0.6) is 5.75 Å². The van der Waals surface area contributed by atoms with Crippen LogP contribution in [-0.2, 0) is 20.8 Å². The number of hydrogen-bond acceptors (Lipinski definition) is 7. The number of sulfone groups is 1. The van der Waals surface area contributed by atoms with Crippen molar-refractivity contribution < 1.29 is 54.1 Å². The fourth-order valence-corrected chi connectivity index (χ4v) is 5.78. The van der Waals surface area contributed by atoms with Crippen molar-refractivity contribution >= 4 is 21.4 Å². The number of carbonyl (C=O) groups is 1. The number of amides is 1. The van der Waals surface area contributed by atoms with Gasteiger partial charge in [-0.1, -0.05) is 19.1 Å². The number of rotatable bonds is 11. The second-order valence-corrected chi connectivity index (χ2v) is 12.6. The maximum atomic E-state index is 12.9. The third-order valence-electron chi connectivity index (χ3n) is 7.27. The van der Waals surface area contributed by atoms with Crippen LogP contribution < -0.4 is 15.0 Å². The molecule has 1 unspecified atom stereocenters. The maximum absolute atomic E-state index is 12.9. The summed E-state index contributed by atoms with van der Waals surface area (Å²) in [5.74, 6) is -0.520. The number of aliphatic hydroxyl groups is 1. The van der Waals surface area contributed by atoms with Gasteiger partial charge in [-0.25, -0.2) is 8.42 Å². The molecule has 0 spiro atoms. The van der Waals surface area contributed by atoms with Crippen molar-refractivity contribution in [1.29, 1.82) is 0 Å². The highest BCUT2D eigenvalue weighted by molar-refractivity contribution is 7.91. The molecule has 2 N–H and O–H groups in total. The average molecular weight is 661 g/mol. The van der Waals surface area contributed by atoms with Crippen LogP contribution in [0.25, 0.3) is 0 Å². The van der Waals surface area contributed by atoms with Crippen molar-refractivity contribution in [2.75, 3.05) is 30.4 Å². The van der Waals surface area contributed by atoms with Crippen LogP contribution in [0.4, 0.5) is 32.0 Å². The molecular formula is C30H30F6N2O6S. The number of anilines is 1. The summed E-state index contributed by atoms with van der Waals surface area (Å²) >= 11 is 0. The highest BCUT2D eigenvalue weighted by Gasteiger charge is 2.38. The molecule has 8 nitrogen and oxygen atoms in total. The standard InChI is InChI=1S/C30H30F6N2O6S/c1-2-45(41,42)26-13-5-19(6-14-26)27(17-39)37-28(40)20-3-9-22(10-4-20)38-16-25(15-23(38)18-43-30(34,35)36)44-24-11-7-21(8-12-24)29(31,32)33/h3-14,23,25,27,39H,2,15-18H2,1H3,(H,37,40)/t23-,25-,27?/m0/s1. The predicted molar refractivity (Wildman–Crippen MR) is 152 cm³/mol. The summed E-state index contributed by atoms with van der Waals surface area (Å²) in [5.41, 5.74) is 0.241. The Morgan fingerprint density at radius 3 is 2.13 bits per heavy atom. The van der Waals surface area contributed by atoms with Crippen molar-refractivity contribution in [2.24, 2.45) is 0 Å². The van der Waals surface area contributed by atoms with E-state index in [1.54, 1.807) is 4.90 Å². The Morgan fingerprint density at radius 2 is 1.60 bits per heavy atom. The number of alkyl halides is 6. The lowest BCUT2D eigenvalue weighted by Gasteiger charge is -2.26. The average Bonchev–Trinajstić information content (AvgIpc) is 3.40. The van der Waals surface area contributed by atoms with E-state index in [4.69, 9.17) is 4.74 Å². The van der Waals surface area contributed by atoms with Gasteiger partial charge in [0.1, 0.15) is 11.9 Å². The fourth-order valence-electron chi connectivity index (χ4n) is 4.89. The molecule has 1 aliphatic rings. The number of nitrogens with one attached hydrogen (secondary N) is 1. The highest BCUT2D eigenvalue weighted by Crippen LogP contribution is 2.33. The van der Waals surface area contributed by atoms with Gasteiger partial charge in [-0.2, -0.15) is 13.2 Å². The van der Waals surface area contributed by atoms with Gasteiger partial charge in [-0.3, -0.25) is 9.53 Å².